The molecular weight excluding hydrogens is 548 g/mol. The van der Waals surface area contributed by atoms with Crippen molar-refractivity contribution in [3.63, 3.8) is 0 Å². The molecule has 1 aliphatic heterocycles. The third-order valence-electron chi connectivity index (χ3n) is 5.98. The number of carbonyl (C=O) groups excluding carboxylic acids is 2. The second-order valence-corrected chi connectivity index (χ2v) is 10.4. The molecule has 4 rings (SSSR count). The molecule has 37 heavy (non-hydrogen) atoms. The van der Waals surface area contributed by atoms with Crippen LogP contribution in [0.2, 0.25) is 0 Å². The Bertz CT molecular complexity index is 1400. The lowest BCUT2D eigenvalue weighted by atomic mass is 9.77. The SMILES string of the molecule is C=C1NC(SCC(=O)Nc2ccc(Br)cc2)=C(C#N)C(c2ccccc2)C1C(=O)Nc1ccccc1C. The molecule has 0 aromatic heterocycles. The number of nitriles is 1. The summed E-state index contributed by atoms with van der Waals surface area (Å²) in [5.74, 6) is -1.66. The summed E-state index contributed by atoms with van der Waals surface area (Å²) in [6.45, 7) is 6.07. The zero-order valence-corrected chi connectivity index (χ0v) is 22.5. The monoisotopic (exact) mass is 572 g/mol. The van der Waals surface area contributed by atoms with Crippen molar-refractivity contribution in [1.82, 2.24) is 5.32 Å². The van der Waals surface area contributed by atoms with E-state index in [0.29, 0.717) is 27.7 Å². The van der Waals surface area contributed by atoms with Crippen molar-refractivity contribution in [2.45, 2.75) is 12.8 Å². The molecule has 3 aromatic rings. The number of hydrogen-bond acceptors (Lipinski definition) is 5. The molecular formula is C29H25BrN4O2S. The van der Waals surface area contributed by atoms with Gasteiger partial charge < -0.3 is 16.0 Å². The summed E-state index contributed by atoms with van der Waals surface area (Å²) >= 11 is 4.59. The largest absolute Gasteiger partial charge is 0.353 e. The maximum absolute atomic E-state index is 13.6. The van der Waals surface area contributed by atoms with Crippen LogP contribution >= 0.6 is 27.7 Å². The lowest BCUT2D eigenvalue weighted by molar-refractivity contribution is -0.119. The summed E-state index contributed by atoms with van der Waals surface area (Å²) in [5, 5.41) is 19.7. The fraction of sp³-hybridized carbons (Fsp3) is 0.138. The first-order chi connectivity index (χ1) is 17.9. The van der Waals surface area contributed by atoms with Gasteiger partial charge in [-0.05, 0) is 48.4 Å². The van der Waals surface area contributed by atoms with E-state index in [9.17, 15) is 14.9 Å². The molecule has 1 aliphatic rings. The minimum absolute atomic E-state index is 0.0818. The second kappa shape index (κ2) is 12.0. The van der Waals surface area contributed by atoms with Crippen molar-refractivity contribution in [1.29, 1.82) is 5.26 Å². The quantitative estimate of drug-likeness (QED) is 0.308. The van der Waals surface area contributed by atoms with E-state index in [4.69, 9.17) is 0 Å². The zero-order valence-electron chi connectivity index (χ0n) is 20.1. The number of halogens is 1. The highest BCUT2D eigenvalue weighted by Gasteiger charge is 2.40. The normalized spacial score (nSPS) is 16.9. The minimum atomic E-state index is -0.724. The van der Waals surface area contributed by atoms with E-state index >= 15 is 0 Å². The number of nitrogens with one attached hydrogen (secondary N) is 3. The Morgan fingerprint density at radius 2 is 1.70 bits per heavy atom. The molecule has 3 aromatic carbocycles. The van der Waals surface area contributed by atoms with Gasteiger partial charge in [0.15, 0.2) is 0 Å². The number of amides is 2. The van der Waals surface area contributed by atoms with Gasteiger partial charge in [0.2, 0.25) is 11.8 Å². The van der Waals surface area contributed by atoms with Gasteiger partial charge in [0, 0.05) is 27.5 Å². The van der Waals surface area contributed by atoms with Crippen LogP contribution in [0, 0.1) is 24.2 Å². The summed E-state index contributed by atoms with van der Waals surface area (Å²) in [6, 6.07) is 26.6. The van der Waals surface area contributed by atoms with Crippen LogP contribution in [0.3, 0.4) is 0 Å². The zero-order chi connectivity index (χ0) is 26.4. The van der Waals surface area contributed by atoms with Gasteiger partial charge in [-0.2, -0.15) is 5.26 Å². The molecule has 6 nitrogen and oxygen atoms in total. The maximum atomic E-state index is 13.6. The molecule has 0 saturated heterocycles. The van der Waals surface area contributed by atoms with Crippen molar-refractivity contribution in [2.75, 3.05) is 16.4 Å². The number of allylic oxidation sites excluding steroid dienone is 1. The van der Waals surface area contributed by atoms with Crippen molar-refractivity contribution >= 4 is 50.9 Å². The van der Waals surface area contributed by atoms with Gasteiger partial charge in [0.05, 0.1) is 28.3 Å². The summed E-state index contributed by atoms with van der Waals surface area (Å²) in [5.41, 5.74) is 4.01. The smallest absolute Gasteiger partial charge is 0.234 e. The molecule has 0 spiro atoms. The first kappa shape index (κ1) is 26.3. The van der Waals surface area contributed by atoms with Crippen LogP contribution < -0.4 is 16.0 Å². The van der Waals surface area contributed by atoms with E-state index in [2.05, 4.69) is 44.5 Å². The first-order valence-electron chi connectivity index (χ1n) is 11.6. The second-order valence-electron chi connectivity index (χ2n) is 8.52. The Kier molecular flexibility index (Phi) is 8.49. The van der Waals surface area contributed by atoms with E-state index in [-0.39, 0.29) is 17.6 Å². The summed E-state index contributed by atoms with van der Waals surface area (Å²) in [6.07, 6.45) is 0. The fourth-order valence-electron chi connectivity index (χ4n) is 4.15. The average Bonchev–Trinajstić information content (AvgIpc) is 2.90. The van der Waals surface area contributed by atoms with E-state index in [1.165, 1.54) is 11.8 Å². The van der Waals surface area contributed by atoms with Gasteiger partial charge in [-0.25, -0.2) is 0 Å². The average molecular weight is 574 g/mol. The summed E-state index contributed by atoms with van der Waals surface area (Å²) < 4.78 is 0.918. The maximum Gasteiger partial charge on any atom is 0.234 e. The van der Waals surface area contributed by atoms with Crippen LogP contribution in [0.25, 0.3) is 0 Å². The molecule has 8 heteroatoms. The lowest BCUT2D eigenvalue weighted by Crippen LogP contribution is -2.39. The van der Waals surface area contributed by atoms with Gasteiger partial charge in [0.25, 0.3) is 0 Å². The third-order valence-corrected chi connectivity index (χ3v) is 7.52. The van der Waals surface area contributed by atoms with Crippen molar-refractivity contribution in [3.8, 4) is 6.07 Å². The number of anilines is 2. The number of carbonyl (C=O) groups is 2. The van der Waals surface area contributed by atoms with Crippen LogP contribution in [0.15, 0.2) is 106 Å². The third kappa shape index (κ3) is 6.31. The fourth-order valence-corrected chi connectivity index (χ4v) is 5.30. The van der Waals surface area contributed by atoms with Gasteiger partial charge in [0.1, 0.15) is 0 Å². The van der Waals surface area contributed by atoms with E-state index < -0.39 is 11.8 Å². The predicted octanol–water partition coefficient (Wildman–Crippen LogP) is 6.32. The molecule has 0 saturated carbocycles. The van der Waals surface area contributed by atoms with Gasteiger partial charge in [-0.15, -0.1) is 0 Å². The van der Waals surface area contributed by atoms with Crippen molar-refractivity contribution in [3.05, 3.63) is 117 Å². The Hall–Kier alpha value is -3.80. The molecule has 2 unspecified atom stereocenters. The molecule has 0 aliphatic carbocycles. The van der Waals surface area contributed by atoms with Gasteiger partial charge in [-0.3, -0.25) is 9.59 Å². The van der Waals surface area contributed by atoms with Crippen LogP contribution in [-0.2, 0) is 9.59 Å². The molecule has 3 N–H and O–H groups in total. The number of rotatable bonds is 7. The number of thioether (sulfide) groups is 1. The van der Waals surface area contributed by atoms with Gasteiger partial charge in [-0.1, -0.05) is 82.8 Å². The summed E-state index contributed by atoms with van der Waals surface area (Å²) in [7, 11) is 0. The van der Waals surface area contributed by atoms with Crippen LogP contribution in [0.5, 0.6) is 0 Å². The molecule has 0 fully saturated rings. The molecule has 2 amide bonds. The van der Waals surface area contributed by atoms with E-state index in [1.807, 2.05) is 73.7 Å². The molecule has 186 valence electrons. The standard InChI is InChI=1S/C29H25BrN4O2S/c1-18-8-6-7-11-24(18)34-28(36)26-19(2)32-29(23(16-31)27(26)20-9-4-3-5-10-20)37-17-25(35)33-22-14-12-21(30)13-15-22/h3-15,26-27,32H,2,17H2,1H3,(H,33,35)(H,34,36). The lowest BCUT2D eigenvalue weighted by Gasteiger charge is -2.34. The molecule has 1 heterocycles. The van der Waals surface area contributed by atoms with Crippen molar-refractivity contribution < 1.29 is 9.59 Å². The summed E-state index contributed by atoms with van der Waals surface area (Å²) in [4.78, 5) is 26.2. The number of nitrogens with zero attached hydrogens (tertiary/aromatic N) is 1. The number of hydrogen-bond donors (Lipinski definition) is 3. The van der Waals surface area contributed by atoms with Crippen LogP contribution in [-0.4, -0.2) is 17.6 Å². The van der Waals surface area contributed by atoms with Crippen LogP contribution in [0.1, 0.15) is 17.0 Å². The molecule has 2 atom stereocenters. The Balaban J connectivity index is 1.60. The topological polar surface area (TPSA) is 94.0 Å². The number of benzene rings is 3. The highest BCUT2D eigenvalue weighted by molar-refractivity contribution is 9.10. The number of aryl methyl sites for hydroxylation is 1. The van der Waals surface area contributed by atoms with Crippen LogP contribution in [0.4, 0.5) is 11.4 Å². The molecule has 0 radical (unpaired) electrons. The van der Waals surface area contributed by atoms with E-state index in [1.54, 1.807) is 12.1 Å². The minimum Gasteiger partial charge on any atom is -0.353 e. The Morgan fingerprint density at radius 1 is 1.03 bits per heavy atom. The van der Waals surface area contributed by atoms with Crippen molar-refractivity contribution in [2.24, 2.45) is 5.92 Å². The molecule has 0 bridgehead atoms. The highest BCUT2D eigenvalue weighted by Crippen LogP contribution is 2.43. The number of para-hydroxylation sites is 1. The first-order valence-corrected chi connectivity index (χ1v) is 13.3. The van der Waals surface area contributed by atoms with E-state index in [0.717, 1.165) is 15.6 Å². The highest BCUT2D eigenvalue weighted by atomic mass is 79.9. The van der Waals surface area contributed by atoms with Gasteiger partial charge >= 0.3 is 0 Å². The Morgan fingerprint density at radius 3 is 2.38 bits per heavy atom. The Labute approximate surface area is 229 Å². The predicted molar refractivity (Wildman–Crippen MR) is 153 cm³/mol.